The smallest absolute Gasteiger partial charge is 0.210 e. The molecule has 1 aliphatic rings. The summed E-state index contributed by atoms with van der Waals surface area (Å²) in [5.41, 5.74) is 3.61. The molecule has 0 atom stereocenters. The molecule has 2 rings (SSSR count). The van der Waals surface area contributed by atoms with Crippen molar-refractivity contribution in [2.75, 3.05) is 5.32 Å². The van der Waals surface area contributed by atoms with Crippen LogP contribution in [-0.2, 0) is 0 Å². The molecular weight excluding hydrogens is 303 g/mol. The molecule has 80 valence electrons. The molecule has 1 saturated carbocycles. The van der Waals surface area contributed by atoms with E-state index in [-0.39, 0.29) is 0 Å². The van der Waals surface area contributed by atoms with Crippen molar-refractivity contribution in [1.82, 2.24) is 5.43 Å². The summed E-state index contributed by atoms with van der Waals surface area (Å²) < 4.78 is 1.15. The van der Waals surface area contributed by atoms with Gasteiger partial charge in [0.2, 0.25) is 5.96 Å². The zero-order chi connectivity index (χ0) is 10.7. The third-order valence-corrected chi connectivity index (χ3v) is 3.06. The van der Waals surface area contributed by atoms with E-state index < -0.39 is 0 Å². The summed E-state index contributed by atoms with van der Waals surface area (Å²) in [6.45, 7) is 0. The van der Waals surface area contributed by atoms with E-state index in [1.807, 2.05) is 24.3 Å². The van der Waals surface area contributed by atoms with Crippen molar-refractivity contribution < 1.29 is 0 Å². The molecular formula is C10H13IN4. The average Bonchev–Trinajstić information content (AvgIpc) is 3.04. The van der Waals surface area contributed by atoms with Gasteiger partial charge in [0, 0.05) is 3.57 Å². The molecule has 1 aromatic rings. The van der Waals surface area contributed by atoms with Gasteiger partial charge in [-0.05, 0) is 47.6 Å². The molecule has 0 aromatic heterocycles. The Labute approximate surface area is 102 Å². The minimum Gasteiger partial charge on any atom is -0.324 e. The predicted octanol–water partition coefficient (Wildman–Crippen LogP) is 1.68. The minimum absolute atomic E-state index is 0.449. The Morgan fingerprint density at radius 2 is 2.13 bits per heavy atom. The second kappa shape index (κ2) is 4.80. The van der Waals surface area contributed by atoms with Gasteiger partial charge in [0.15, 0.2) is 0 Å². The maximum Gasteiger partial charge on any atom is 0.210 e. The van der Waals surface area contributed by atoms with Crippen LogP contribution in [0.4, 0.5) is 5.69 Å². The minimum atomic E-state index is 0.449. The first kappa shape index (κ1) is 10.7. The lowest BCUT2D eigenvalue weighted by atomic mass is 10.3. The van der Waals surface area contributed by atoms with E-state index in [1.165, 1.54) is 12.8 Å². The molecule has 0 heterocycles. The number of nitrogens with two attached hydrogens (primary N) is 1. The normalized spacial score (nSPS) is 16.3. The fourth-order valence-corrected chi connectivity index (χ4v) is 1.70. The first-order valence-electron chi connectivity index (χ1n) is 4.85. The molecule has 15 heavy (non-hydrogen) atoms. The van der Waals surface area contributed by atoms with E-state index in [9.17, 15) is 0 Å². The van der Waals surface area contributed by atoms with Gasteiger partial charge in [0.25, 0.3) is 0 Å². The largest absolute Gasteiger partial charge is 0.324 e. The van der Waals surface area contributed by atoms with Gasteiger partial charge in [0.05, 0.1) is 11.7 Å². The van der Waals surface area contributed by atoms with E-state index in [1.54, 1.807) is 0 Å². The number of aliphatic imine (C=N–C) groups is 1. The Balaban J connectivity index is 2.09. The zero-order valence-corrected chi connectivity index (χ0v) is 10.4. The molecule has 0 amide bonds. The number of hydrogen-bond acceptors (Lipinski definition) is 2. The Hall–Kier alpha value is -0.820. The van der Waals surface area contributed by atoms with Gasteiger partial charge in [-0.15, -0.1) is 0 Å². The van der Waals surface area contributed by atoms with Crippen molar-refractivity contribution in [2.24, 2.45) is 10.8 Å². The first-order valence-corrected chi connectivity index (χ1v) is 5.93. The quantitative estimate of drug-likeness (QED) is 0.256. The number of halogens is 1. The number of nitrogens with one attached hydrogen (secondary N) is 2. The Kier molecular flexibility index (Phi) is 3.42. The number of rotatable bonds is 2. The molecule has 4 nitrogen and oxygen atoms in total. The molecule has 0 radical (unpaired) electrons. The standard InChI is InChI=1S/C10H13IN4/c11-8-3-1-2-4-9(8)14-10(15-12)13-7-5-6-7/h1-4,7H,5-6,12H2,(H2,13,14,15). The maximum atomic E-state index is 5.40. The summed E-state index contributed by atoms with van der Waals surface area (Å²) in [4.78, 5) is 4.41. The van der Waals surface area contributed by atoms with Crippen LogP contribution >= 0.6 is 22.6 Å². The second-order valence-electron chi connectivity index (χ2n) is 3.46. The van der Waals surface area contributed by atoms with Crippen LogP contribution in [0.3, 0.4) is 0 Å². The van der Waals surface area contributed by atoms with E-state index in [0.29, 0.717) is 12.0 Å². The monoisotopic (exact) mass is 316 g/mol. The van der Waals surface area contributed by atoms with Gasteiger partial charge in [-0.1, -0.05) is 12.1 Å². The Morgan fingerprint density at radius 1 is 1.40 bits per heavy atom. The summed E-state index contributed by atoms with van der Waals surface area (Å²) in [6, 6.07) is 8.47. The molecule has 0 unspecified atom stereocenters. The summed E-state index contributed by atoms with van der Waals surface area (Å²) in [5, 5.41) is 3.17. The number of hydrogen-bond donors (Lipinski definition) is 3. The fraction of sp³-hybridized carbons (Fsp3) is 0.300. The van der Waals surface area contributed by atoms with Crippen LogP contribution in [0.5, 0.6) is 0 Å². The molecule has 0 saturated heterocycles. The second-order valence-corrected chi connectivity index (χ2v) is 4.62. The van der Waals surface area contributed by atoms with Crippen molar-refractivity contribution in [3.8, 4) is 0 Å². The average molecular weight is 316 g/mol. The van der Waals surface area contributed by atoms with Crippen LogP contribution in [0.2, 0.25) is 0 Å². The van der Waals surface area contributed by atoms with Gasteiger partial charge in [0.1, 0.15) is 0 Å². The van der Waals surface area contributed by atoms with Gasteiger partial charge in [-0.3, -0.25) is 5.43 Å². The third-order valence-electron chi connectivity index (χ3n) is 2.12. The van der Waals surface area contributed by atoms with Crippen LogP contribution in [0.25, 0.3) is 0 Å². The number of hydrazine groups is 1. The van der Waals surface area contributed by atoms with E-state index in [4.69, 9.17) is 5.84 Å². The molecule has 5 heteroatoms. The number of para-hydroxylation sites is 1. The number of nitrogens with zero attached hydrogens (tertiary/aromatic N) is 1. The Bertz CT molecular complexity index is 373. The van der Waals surface area contributed by atoms with Crippen LogP contribution in [0, 0.1) is 3.57 Å². The topological polar surface area (TPSA) is 62.4 Å². The van der Waals surface area contributed by atoms with Gasteiger partial charge in [-0.25, -0.2) is 10.8 Å². The molecule has 4 N–H and O–H groups in total. The number of anilines is 1. The van der Waals surface area contributed by atoms with Crippen molar-refractivity contribution in [3.05, 3.63) is 27.8 Å². The maximum absolute atomic E-state index is 5.40. The zero-order valence-electron chi connectivity index (χ0n) is 8.20. The van der Waals surface area contributed by atoms with E-state index in [2.05, 4.69) is 38.3 Å². The highest BCUT2D eigenvalue weighted by molar-refractivity contribution is 14.1. The van der Waals surface area contributed by atoms with Gasteiger partial charge < -0.3 is 5.32 Å². The lowest BCUT2D eigenvalue weighted by molar-refractivity contribution is 0.966. The molecule has 0 spiro atoms. The summed E-state index contributed by atoms with van der Waals surface area (Å²) >= 11 is 2.27. The van der Waals surface area contributed by atoms with Crippen molar-refractivity contribution in [2.45, 2.75) is 18.9 Å². The third kappa shape index (κ3) is 3.07. The van der Waals surface area contributed by atoms with Crippen LogP contribution in [0.15, 0.2) is 29.3 Å². The van der Waals surface area contributed by atoms with Crippen molar-refractivity contribution in [1.29, 1.82) is 0 Å². The van der Waals surface area contributed by atoms with Crippen molar-refractivity contribution in [3.63, 3.8) is 0 Å². The lowest BCUT2D eigenvalue weighted by Crippen LogP contribution is -2.36. The molecule has 1 aromatic carbocycles. The van der Waals surface area contributed by atoms with Crippen LogP contribution in [0.1, 0.15) is 12.8 Å². The predicted molar refractivity (Wildman–Crippen MR) is 70.6 cm³/mol. The SMILES string of the molecule is NNC(=NC1CC1)Nc1ccccc1I. The van der Waals surface area contributed by atoms with Crippen LogP contribution < -0.4 is 16.6 Å². The van der Waals surface area contributed by atoms with Gasteiger partial charge >= 0.3 is 0 Å². The first-order chi connectivity index (χ1) is 7.29. The van der Waals surface area contributed by atoms with Crippen LogP contribution in [-0.4, -0.2) is 12.0 Å². The van der Waals surface area contributed by atoms with E-state index >= 15 is 0 Å². The summed E-state index contributed by atoms with van der Waals surface area (Å²) in [5.74, 6) is 6.04. The highest BCUT2D eigenvalue weighted by Gasteiger charge is 2.21. The Morgan fingerprint density at radius 3 is 2.73 bits per heavy atom. The highest BCUT2D eigenvalue weighted by atomic mass is 127. The molecule has 0 bridgehead atoms. The van der Waals surface area contributed by atoms with E-state index in [0.717, 1.165) is 9.26 Å². The van der Waals surface area contributed by atoms with Crippen molar-refractivity contribution >= 4 is 34.2 Å². The molecule has 0 aliphatic heterocycles. The lowest BCUT2D eigenvalue weighted by Gasteiger charge is -2.10. The molecule has 1 fully saturated rings. The fourth-order valence-electron chi connectivity index (χ4n) is 1.18. The summed E-state index contributed by atoms with van der Waals surface area (Å²) in [7, 11) is 0. The number of benzene rings is 1. The summed E-state index contributed by atoms with van der Waals surface area (Å²) in [6.07, 6.45) is 2.33. The number of guanidine groups is 1. The molecule has 1 aliphatic carbocycles. The van der Waals surface area contributed by atoms with Gasteiger partial charge in [-0.2, -0.15) is 0 Å². The highest BCUT2D eigenvalue weighted by Crippen LogP contribution is 2.24.